The van der Waals surface area contributed by atoms with Crippen molar-refractivity contribution in [1.82, 2.24) is 20.1 Å². The van der Waals surface area contributed by atoms with Crippen LogP contribution in [0.2, 0.25) is 0 Å². The molecule has 1 atom stereocenters. The normalized spacial score (nSPS) is 21.2. The van der Waals surface area contributed by atoms with Crippen molar-refractivity contribution in [2.75, 3.05) is 39.3 Å². The van der Waals surface area contributed by atoms with Gasteiger partial charge in [-0.3, -0.25) is 14.7 Å². The molecule has 1 aromatic heterocycles. The van der Waals surface area contributed by atoms with E-state index in [1.165, 1.54) is 0 Å². The molecule has 2 aromatic carbocycles. The molecule has 0 spiro atoms. The standard InChI is InChI=1S/C22H24N4O/c27-22(26-11-7-17(15-26)25-12-9-23-10-13-25)20-14-16-4-1-2-5-18(16)19-6-3-8-24-21(19)20/h1-6,8,14,17,23H,7,9-13,15H2. The molecule has 2 saturated heterocycles. The third kappa shape index (κ3) is 2.97. The average molecular weight is 360 g/mol. The minimum atomic E-state index is 0.113. The number of pyridine rings is 1. The summed E-state index contributed by atoms with van der Waals surface area (Å²) in [5.74, 6) is 0.113. The molecule has 3 aromatic rings. The van der Waals surface area contributed by atoms with Crippen LogP contribution in [0.5, 0.6) is 0 Å². The lowest BCUT2D eigenvalue weighted by molar-refractivity contribution is 0.0775. The Balaban J connectivity index is 1.48. The first-order valence-electron chi connectivity index (χ1n) is 9.82. The molecule has 5 heteroatoms. The molecule has 27 heavy (non-hydrogen) atoms. The molecule has 5 nitrogen and oxygen atoms in total. The molecule has 3 heterocycles. The molecule has 2 fully saturated rings. The Bertz CT molecular complexity index is 996. The predicted molar refractivity (Wildman–Crippen MR) is 108 cm³/mol. The van der Waals surface area contributed by atoms with Gasteiger partial charge in [0.2, 0.25) is 0 Å². The van der Waals surface area contributed by atoms with E-state index >= 15 is 0 Å². The summed E-state index contributed by atoms with van der Waals surface area (Å²) in [7, 11) is 0. The number of hydrogen-bond donors (Lipinski definition) is 1. The van der Waals surface area contributed by atoms with Crippen LogP contribution >= 0.6 is 0 Å². The van der Waals surface area contributed by atoms with Gasteiger partial charge in [-0.2, -0.15) is 0 Å². The molecular weight excluding hydrogens is 336 g/mol. The lowest BCUT2D eigenvalue weighted by Crippen LogP contribution is -2.49. The minimum absolute atomic E-state index is 0.113. The fourth-order valence-electron chi connectivity index (χ4n) is 4.53. The van der Waals surface area contributed by atoms with Gasteiger partial charge in [0, 0.05) is 56.9 Å². The zero-order chi connectivity index (χ0) is 18.2. The van der Waals surface area contributed by atoms with Crippen molar-refractivity contribution in [3.8, 4) is 0 Å². The number of nitrogens with one attached hydrogen (secondary N) is 1. The molecule has 0 bridgehead atoms. The number of benzene rings is 2. The molecular formula is C22H24N4O. The Morgan fingerprint density at radius 3 is 2.74 bits per heavy atom. The van der Waals surface area contributed by atoms with Crippen LogP contribution in [-0.4, -0.2) is 66.0 Å². The summed E-state index contributed by atoms with van der Waals surface area (Å²) in [4.78, 5) is 22.5. The number of fused-ring (bicyclic) bond motifs is 3. The maximum Gasteiger partial charge on any atom is 0.256 e. The maximum atomic E-state index is 13.4. The highest BCUT2D eigenvalue weighted by molar-refractivity contribution is 6.15. The highest BCUT2D eigenvalue weighted by Gasteiger charge is 2.32. The number of nitrogens with zero attached hydrogens (tertiary/aromatic N) is 3. The van der Waals surface area contributed by atoms with Crippen LogP contribution in [0.1, 0.15) is 16.8 Å². The van der Waals surface area contributed by atoms with Crippen molar-refractivity contribution in [2.24, 2.45) is 0 Å². The second-order valence-corrected chi connectivity index (χ2v) is 7.52. The lowest BCUT2D eigenvalue weighted by atomic mass is 10.00. The van der Waals surface area contributed by atoms with Crippen LogP contribution in [0, 0.1) is 0 Å². The highest BCUT2D eigenvalue weighted by atomic mass is 16.2. The third-order valence-electron chi connectivity index (χ3n) is 5.96. The smallest absolute Gasteiger partial charge is 0.256 e. The molecule has 1 N–H and O–H groups in total. The third-order valence-corrected chi connectivity index (χ3v) is 5.96. The first kappa shape index (κ1) is 16.7. The van der Waals surface area contributed by atoms with Gasteiger partial charge in [-0.25, -0.2) is 0 Å². The van der Waals surface area contributed by atoms with E-state index in [4.69, 9.17) is 0 Å². The van der Waals surface area contributed by atoms with E-state index in [0.717, 1.165) is 72.9 Å². The van der Waals surface area contributed by atoms with Gasteiger partial charge < -0.3 is 10.2 Å². The lowest BCUT2D eigenvalue weighted by Gasteiger charge is -2.32. The average Bonchev–Trinajstić information content (AvgIpc) is 3.24. The Morgan fingerprint density at radius 2 is 1.85 bits per heavy atom. The van der Waals surface area contributed by atoms with Crippen molar-refractivity contribution in [1.29, 1.82) is 0 Å². The minimum Gasteiger partial charge on any atom is -0.337 e. The zero-order valence-corrected chi connectivity index (χ0v) is 15.4. The summed E-state index contributed by atoms with van der Waals surface area (Å²) in [6.07, 6.45) is 2.84. The molecule has 0 radical (unpaired) electrons. The van der Waals surface area contributed by atoms with Crippen LogP contribution in [0.4, 0.5) is 0 Å². The number of likely N-dealkylation sites (tertiary alicyclic amines) is 1. The van der Waals surface area contributed by atoms with Gasteiger partial charge in [0.25, 0.3) is 5.91 Å². The van der Waals surface area contributed by atoms with E-state index in [1.807, 2.05) is 29.2 Å². The van der Waals surface area contributed by atoms with E-state index in [-0.39, 0.29) is 5.91 Å². The van der Waals surface area contributed by atoms with E-state index in [0.29, 0.717) is 6.04 Å². The molecule has 1 unspecified atom stereocenters. The Labute approximate surface area is 159 Å². The van der Waals surface area contributed by atoms with Crippen molar-refractivity contribution in [2.45, 2.75) is 12.5 Å². The first-order chi connectivity index (χ1) is 13.3. The number of carbonyl (C=O) groups excluding carboxylic acids is 1. The Hall–Kier alpha value is -2.50. The second kappa shape index (κ2) is 6.91. The molecule has 1 amide bonds. The number of hydrogen-bond acceptors (Lipinski definition) is 4. The molecule has 5 rings (SSSR count). The molecule has 138 valence electrons. The Morgan fingerprint density at radius 1 is 1.04 bits per heavy atom. The largest absolute Gasteiger partial charge is 0.337 e. The number of amides is 1. The fraction of sp³-hybridized carbons (Fsp3) is 0.364. The predicted octanol–water partition coefficient (Wildman–Crippen LogP) is 2.51. The van der Waals surface area contributed by atoms with Crippen LogP contribution < -0.4 is 5.32 Å². The fourth-order valence-corrected chi connectivity index (χ4v) is 4.53. The van der Waals surface area contributed by atoms with Gasteiger partial charge in [0.15, 0.2) is 0 Å². The topological polar surface area (TPSA) is 48.5 Å². The summed E-state index contributed by atoms with van der Waals surface area (Å²) in [5.41, 5.74) is 1.54. The van der Waals surface area contributed by atoms with Gasteiger partial charge in [-0.05, 0) is 29.3 Å². The van der Waals surface area contributed by atoms with Crippen LogP contribution in [0.15, 0.2) is 48.7 Å². The SMILES string of the molecule is O=C(c1cc2ccccc2c2cccnc12)N1CCC(N2CCNCC2)C1. The summed E-state index contributed by atoms with van der Waals surface area (Å²) in [6.45, 7) is 5.89. The monoisotopic (exact) mass is 360 g/mol. The summed E-state index contributed by atoms with van der Waals surface area (Å²) >= 11 is 0. The van der Waals surface area contributed by atoms with Crippen LogP contribution in [-0.2, 0) is 0 Å². The van der Waals surface area contributed by atoms with Crippen LogP contribution in [0.25, 0.3) is 21.7 Å². The zero-order valence-electron chi connectivity index (χ0n) is 15.4. The van der Waals surface area contributed by atoms with Gasteiger partial charge in [-0.15, -0.1) is 0 Å². The summed E-state index contributed by atoms with van der Waals surface area (Å²) in [5, 5.41) is 6.70. The summed E-state index contributed by atoms with van der Waals surface area (Å²) in [6, 6.07) is 14.7. The van der Waals surface area contributed by atoms with Gasteiger partial charge in [0.1, 0.15) is 0 Å². The van der Waals surface area contributed by atoms with E-state index < -0.39 is 0 Å². The number of aromatic nitrogens is 1. The second-order valence-electron chi connectivity index (χ2n) is 7.52. The van der Waals surface area contributed by atoms with Crippen molar-refractivity contribution in [3.63, 3.8) is 0 Å². The number of carbonyl (C=O) groups is 1. The molecule has 2 aliphatic rings. The molecule has 0 aliphatic carbocycles. The maximum absolute atomic E-state index is 13.4. The van der Waals surface area contributed by atoms with Gasteiger partial charge >= 0.3 is 0 Å². The summed E-state index contributed by atoms with van der Waals surface area (Å²) < 4.78 is 0. The molecule has 0 saturated carbocycles. The van der Waals surface area contributed by atoms with Gasteiger partial charge in [0.05, 0.1) is 11.1 Å². The first-order valence-corrected chi connectivity index (χ1v) is 9.82. The number of rotatable bonds is 2. The molecule has 2 aliphatic heterocycles. The van der Waals surface area contributed by atoms with Crippen LogP contribution in [0.3, 0.4) is 0 Å². The van der Waals surface area contributed by atoms with E-state index in [9.17, 15) is 4.79 Å². The van der Waals surface area contributed by atoms with E-state index in [1.54, 1.807) is 6.20 Å². The van der Waals surface area contributed by atoms with Crippen molar-refractivity contribution < 1.29 is 4.79 Å². The quantitative estimate of drug-likeness (QED) is 0.714. The Kier molecular flexibility index (Phi) is 4.26. The van der Waals surface area contributed by atoms with Crippen molar-refractivity contribution in [3.05, 3.63) is 54.2 Å². The van der Waals surface area contributed by atoms with Gasteiger partial charge in [-0.1, -0.05) is 30.3 Å². The van der Waals surface area contributed by atoms with Crippen molar-refractivity contribution >= 4 is 27.6 Å². The van der Waals surface area contributed by atoms with E-state index in [2.05, 4.69) is 33.4 Å². The highest BCUT2D eigenvalue weighted by Crippen LogP contribution is 2.29. The number of piperazine rings is 1.